The standard InChI is InChI=1S/C12H16N2O3/c15-10-7-5-9(6-8-10)13-11-3-1-2-4-12(11)14(16)17/h1-4,9-10,13,15H,5-8H2. The average molecular weight is 236 g/mol. The van der Waals surface area contributed by atoms with Crippen LogP contribution >= 0.6 is 0 Å². The fraction of sp³-hybridized carbons (Fsp3) is 0.500. The molecule has 0 aliphatic heterocycles. The summed E-state index contributed by atoms with van der Waals surface area (Å²) in [4.78, 5) is 10.5. The third-order valence-corrected chi connectivity index (χ3v) is 3.16. The third kappa shape index (κ3) is 2.94. The van der Waals surface area contributed by atoms with Gasteiger partial charge in [-0.2, -0.15) is 0 Å². The minimum atomic E-state index is -0.375. The SMILES string of the molecule is O=[N+]([O-])c1ccccc1NC1CCC(O)CC1. The summed E-state index contributed by atoms with van der Waals surface area (Å²) in [6.45, 7) is 0. The number of nitrogens with one attached hydrogen (secondary N) is 1. The van der Waals surface area contributed by atoms with E-state index in [0.29, 0.717) is 5.69 Å². The second-order valence-electron chi connectivity index (χ2n) is 4.42. The number of nitro groups is 1. The summed E-state index contributed by atoms with van der Waals surface area (Å²) < 4.78 is 0. The van der Waals surface area contributed by atoms with Crippen LogP contribution in [0.2, 0.25) is 0 Å². The predicted molar refractivity (Wildman–Crippen MR) is 65.0 cm³/mol. The second kappa shape index (κ2) is 5.14. The van der Waals surface area contributed by atoms with Crippen molar-refractivity contribution in [2.24, 2.45) is 0 Å². The van der Waals surface area contributed by atoms with E-state index in [9.17, 15) is 15.2 Å². The lowest BCUT2D eigenvalue weighted by Crippen LogP contribution is -2.28. The van der Waals surface area contributed by atoms with Gasteiger partial charge in [0, 0.05) is 12.1 Å². The molecule has 2 rings (SSSR count). The fourth-order valence-electron chi connectivity index (χ4n) is 2.19. The van der Waals surface area contributed by atoms with Crippen molar-refractivity contribution in [1.82, 2.24) is 0 Å². The van der Waals surface area contributed by atoms with Gasteiger partial charge in [-0.25, -0.2) is 0 Å². The molecule has 5 nitrogen and oxygen atoms in total. The minimum absolute atomic E-state index is 0.110. The van der Waals surface area contributed by atoms with Crippen LogP contribution in [0.5, 0.6) is 0 Å². The molecule has 0 aromatic heterocycles. The van der Waals surface area contributed by atoms with E-state index in [2.05, 4.69) is 5.32 Å². The molecule has 0 bridgehead atoms. The van der Waals surface area contributed by atoms with Crippen molar-refractivity contribution in [2.75, 3.05) is 5.32 Å². The molecule has 0 radical (unpaired) electrons. The first kappa shape index (κ1) is 11.9. The van der Waals surface area contributed by atoms with E-state index in [4.69, 9.17) is 0 Å². The summed E-state index contributed by atoms with van der Waals surface area (Å²) in [5.41, 5.74) is 0.678. The number of aliphatic hydroxyl groups excluding tert-OH is 1. The van der Waals surface area contributed by atoms with Gasteiger partial charge in [0.1, 0.15) is 5.69 Å². The summed E-state index contributed by atoms with van der Waals surface area (Å²) in [5.74, 6) is 0. The zero-order valence-electron chi connectivity index (χ0n) is 9.50. The number of para-hydroxylation sites is 2. The number of nitrogens with zero attached hydrogens (tertiary/aromatic N) is 1. The average Bonchev–Trinajstić information content (AvgIpc) is 2.32. The highest BCUT2D eigenvalue weighted by Gasteiger charge is 2.21. The summed E-state index contributed by atoms with van der Waals surface area (Å²) in [7, 11) is 0. The molecule has 5 heteroatoms. The van der Waals surface area contributed by atoms with Crippen molar-refractivity contribution >= 4 is 11.4 Å². The highest BCUT2D eigenvalue weighted by molar-refractivity contribution is 5.61. The molecule has 1 saturated carbocycles. The lowest BCUT2D eigenvalue weighted by Gasteiger charge is -2.26. The normalized spacial score (nSPS) is 24.3. The van der Waals surface area contributed by atoms with E-state index < -0.39 is 0 Å². The Morgan fingerprint density at radius 1 is 1.24 bits per heavy atom. The second-order valence-corrected chi connectivity index (χ2v) is 4.42. The Bertz CT molecular complexity index is 400. The summed E-state index contributed by atoms with van der Waals surface area (Å²) in [6, 6.07) is 6.89. The van der Waals surface area contributed by atoms with E-state index in [1.54, 1.807) is 18.2 Å². The molecular weight excluding hydrogens is 220 g/mol. The zero-order chi connectivity index (χ0) is 12.3. The first-order chi connectivity index (χ1) is 8.16. The molecule has 0 saturated heterocycles. The van der Waals surface area contributed by atoms with Crippen LogP contribution in [0.3, 0.4) is 0 Å². The van der Waals surface area contributed by atoms with Gasteiger partial charge in [-0.3, -0.25) is 10.1 Å². The zero-order valence-corrected chi connectivity index (χ0v) is 9.50. The molecule has 0 unspecified atom stereocenters. The van der Waals surface area contributed by atoms with E-state index in [-0.39, 0.29) is 22.8 Å². The maximum Gasteiger partial charge on any atom is 0.292 e. The van der Waals surface area contributed by atoms with Gasteiger partial charge in [0.2, 0.25) is 0 Å². The van der Waals surface area contributed by atoms with Crippen LogP contribution in [0, 0.1) is 10.1 Å². The van der Waals surface area contributed by atoms with Crippen molar-refractivity contribution < 1.29 is 10.0 Å². The fourth-order valence-corrected chi connectivity index (χ4v) is 2.19. The van der Waals surface area contributed by atoms with Gasteiger partial charge in [-0.1, -0.05) is 12.1 Å². The Balaban J connectivity index is 2.05. The van der Waals surface area contributed by atoms with Gasteiger partial charge < -0.3 is 10.4 Å². The van der Waals surface area contributed by atoms with Crippen LogP contribution in [0.15, 0.2) is 24.3 Å². The molecule has 92 valence electrons. The first-order valence-electron chi connectivity index (χ1n) is 5.85. The lowest BCUT2D eigenvalue weighted by atomic mass is 9.93. The molecule has 0 atom stereocenters. The first-order valence-corrected chi connectivity index (χ1v) is 5.85. The maximum atomic E-state index is 10.8. The van der Waals surface area contributed by atoms with Crippen molar-refractivity contribution in [3.8, 4) is 0 Å². The molecular formula is C12H16N2O3. The van der Waals surface area contributed by atoms with E-state index >= 15 is 0 Å². The van der Waals surface area contributed by atoms with Gasteiger partial charge in [0.05, 0.1) is 11.0 Å². The Kier molecular flexibility index (Phi) is 3.58. The van der Waals surface area contributed by atoms with Crippen LogP contribution < -0.4 is 5.32 Å². The Labute approximate surface area is 99.6 Å². The Morgan fingerprint density at radius 2 is 1.88 bits per heavy atom. The monoisotopic (exact) mass is 236 g/mol. The van der Waals surface area contributed by atoms with Gasteiger partial charge in [0.25, 0.3) is 5.69 Å². The van der Waals surface area contributed by atoms with Gasteiger partial charge >= 0.3 is 0 Å². The highest BCUT2D eigenvalue weighted by Crippen LogP contribution is 2.27. The molecule has 1 aliphatic carbocycles. The van der Waals surface area contributed by atoms with E-state index in [1.807, 2.05) is 0 Å². The quantitative estimate of drug-likeness (QED) is 0.623. The molecule has 1 aromatic carbocycles. The summed E-state index contributed by atoms with van der Waals surface area (Å²) in [5, 5.41) is 23.4. The number of nitro benzene ring substituents is 1. The van der Waals surface area contributed by atoms with Crippen LogP contribution in [0.4, 0.5) is 11.4 Å². The third-order valence-electron chi connectivity index (χ3n) is 3.16. The number of aliphatic hydroxyl groups is 1. The molecule has 0 spiro atoms. The Morgan fingerprint density at radius 3 is 2.53 bits per heavy atom. The van der Waals surface area contributed by atoms with Crippen molar-refractivity contribution in [3.63, 3.8) is 0 Å². The smallest absolute Gasteiger partial charge is 0.292 e. The molecule has 0 heterocycles. The molecule has 1 aliphatic rings. The number of benzene rings is 1. The van der Waals surface area contributed by atoms with Crippen LogP contribution in [0.25, 0.3) is 0 Å². The van der Waals surface area contributed by atoms with Gasteiger partial charge in [-0.15, -0.1) is 0 Å². The van der Waals surface area contributed by atoms with Crippen molar-refractivity contribution in [2.45, 2.75) is 37.8 Å². The maximum absolute atomic E-state index is 10.8. The van der Waals surface area contributed by atoms with Gasteiger partial charge in [-0.05, 0) is 31.7 Å². The molecule has 2 N–H and O–H groups in total. The number of anilines is 1. The van der Waals surface area contributed by atoms with Gasteiger partial charge in [0.15, 0.2) is 0 Å². The number of rotatable bonds is 3. The van der Waals surface area contributed by atoms with Crippen molar-refractivity contribution in [1.29, 1.82) is 0 Å². The minimum Gasteiger partial charge on any atom is -0.393 e. The predicted octanol–water partition coefficient (Wildman–Crippen LogP) is 2.31. The largest absolute Gasteiger partial charge is 0.393 e. The topological polar surface area (TPSA) is 75.4 Å². The number of hydrogen-bond donors (Lipinski definition) is 2. The van der Waals surface area contributed by atoms with Crippen LogP contribution in [0.1, 0.15) is 25.7 Å². The molecule has 1 aromatic rings. The van der Waals surface area contributed by atoms with Crippen molar-refractivity contribution in [3.05, 3.63) is 34.4 Å². The molecule has 17 heavy (non-hydrogen) atoms. The van der Waals surface area contributed by atoms with Crippen LogP contribution in [-0.4, -0.2) is 22.2 Å². The summed E-state index contributed by atoms with van der Waals surface area (Å²) in [6.07, 6.45) is 3.02. The van der Waals surface area contributed by atoms with E-state index in [1.165, 1.54) is 6.07 Å². The molecule has 1 fully saturated rings. The number of hydrogen-bond acceptors (Lipinski definition) is 4. The highest BCUT2D eigenvalue weighted by atomic mass is 16.6. The Hall–Kier alpha value is -1.62. The molecule has 0 amide bonds. The summed E-state index contributed by atoms with van der Waals surface area (Å²) >= 11 is 0. The van der Waals surface area contributed by atoms with Crippen LogP contribution in [-0.2, 0) is 0 Å². The van der Waals surface area contributed by atoms with E-state index in [0.717, 1.165) is 25.7 Å². The lowest BCUT2D eigenvalue weighted by molar-refractivity contribution is -0.384.